The molecule has 0 aromatic heterocycles. The molecular weight excluding hydrogens is 446 g/mol. The van der Waals surface area contributed by atoms with Gasteiger partial charge in [-0.15, -0.1) is 0 Å². The molecule has 7 nitrogen and oxygen atoms in total. The molecule has 1 aliphatic carbocycles. The number of fused-ring (bicyclic) bond motifs is 1. The fourth-order valence-corrected chi connectivity index (χ4v) is 5.00. The molecule has 0 radical (unpaired) electrons. The first-order chi connectivity index (χ1) is 17.0. The zero-order valence-corrected chi connectivity index (χ0v) is 20.4. The van der Waals surface area contributed by atoms with Crippen LogP contribution in [0.25, 0.3) is 0 Å². The number of methoxy groups -OCH3 is 4. The number of hydrogen-bond donors (Lipinski definition) is 2. The van der Waals surface area contributed by atoms with Gasteiger partial charge in [-0.25, -0.2) is 0 Å². The van der Waals surface area contributed by atoms with Gasteiger partial charge >= 0.3 is 0 Å². The van der Waals surface area contributed by atoms with Crippen LogP contribution >= 0.6 is 0 Å². The third kappa shape index (κ3) is 4.77. The summed E-state index contributed by atoms with van der Waals surface area (Å²) < 4.78 is 22.1. The van der Waals surface area contributed by atoms with Gasteiger partial charge in [-0.3, -0.25) is 4.79 Å². The van der Waals surface area contributed by atoms with Gasteiger partial charge in [-0.05, 0) is 59.5 Å². The molecule has 0 spiro atoms. The molecular formula is C28H31NO6. The van der Waals surface area contributed by atoms with Gasteiger partial charge in [0.05, 0.1) is 28.4 Å². The largest absolute Gasteiger partial charge is 0.493 e. The van der Waals surface area contributed by atoms with Crippen LogP contribution in [-0.4, -0.2) is 46.1 Å². The van der Waals surface area contributed by atoms with Crippen LogP contribution in [0, 0.1) is 11.8 Å². The van der Waals surface area contributed by atoms with E-state index >= 15 is 0 Å². The molecule has 0 aliphatic heterocycles. The summed E-state index contributed by atoms with van der Waals surface area (Å²) in [5.74, 6) is 1.13. The fourth-order valence-electron chi connectivity index (χ4n) is 5.00. The number of benzene rings is 3. The lowest BCUT2D eigenvalue weighted by Crippen LogP contribution is -2.40. The lowest BCUT2D eigenvalue weighted by atomic mass is 9.66. The predicted octanol–water partition coefficient (Wildman–Crippen LogP) is 4.27. The van der Waals surface area contributed by atoms with Crippen LogP contribution in [0.1, 0.15) is 22.6 Å². The number of amides is 1. The topological polar surface area (TPSA) is 86.3 Å². The molecule has 3 aromatic carbocycles. The number of anilines is 1. The molecule has 35 heavy (non-hydrogen) atoms. The monoisotopic (exact) mass is 477 g/mol. The molecule has 0 fully saturated rings. The van der Waals surface area contributed by atoms with Crippen LogP contribution in [0.4, 0.5) is 5.69 Å². The van der Waals surface area contributed by atoms with Gasteiger partial charge in [0, 0.05) is 30.0 Å². The van der Waals surface area contributed by atoms with Gasteiger partial charge in [0.15, 0.2) is 23.0 Å². The number of nitrogens with one attached hydrogen (secondary N) is 1. The van der Waals surface area contributed by atoms with E-state index in [1.807, 2.05) is 60.7 Å². The predicted molar refractivity (Wildman–Crippen MR) is 134 cm³/mol. The van der Waals surface area contributed by atoms with E-state index in [2.05, 4.69) is 5.32 Å². The number of hydrogen-bond acceptors (Lipinski definition) is 6. The summed E-state index contributed by atoms with van der Waals surface area (Å²) in [5.41, 5.74) is 3.58. The highest BCUT2D eigenvalue weighted by molar-refractivity contribution is 5.93. The number of para-hydroxylation sites is 1. The summed E-state index contributed by atoms with van der Waals surface area (Å²) >= 11 is 0. The van der Waals surface area contributed by atoms with Crippen LogP contribution in [0.15, 0.2) is 60.7 Å². The molecule has 2 N–H and O–H groups in total. The Hall–Kier alpha value is -3.71. The van der Waals surface area contributed by atoms with E-state index in [9.17, 15) is 9.90 Å². The number of aliphatic hydroxyl groups excluding tert-OH is 1. The SMILES string of the molecule is COc1ccc(C2c3cc(OC)c(OC)cc3CC(C(=O)Nc3ccccc3)C2CO)cc1OC. The van der Waals surface area contributed by atoms with Crippen molar-refractivity contribution in [2.24, 2.45) is 11.8 Å². The summed E-state index contributed by atoms with van der Waals surface area (Å²) in [6, 6.07) is 18.9. The van der Waals surface area contributed by atoms with Crippen molar-refractivity contribution in [3.8, 4) is 23.0 Å². The standard InChI is InChI=1S/C28H31NO6/c1-32-23-11-10-17(13-24(23)33-2)27-20-15-26(35-4)25(34-3)14-18(20)12-21(22(27)16-30)28(31)29-19-8-6-5-7-9-19/h5-11,13-15,21-22,27,30H,12,16H2,1-4H3,(H,29,31). The van der Waals surface area contributed by atoms with Crippen molar-refractivity contribution < 1.29 is 28.8 Å². The molecule has 1 amide bonds. The Balaban J connectivity index is 1.84. The number of aliphatic hydroxyl groups is 1. The molecule has 0 saturated heterocycles. The molecule has 3 unspecified atom stereocenters. The van der Waals surface area contributed by atoms with E-state index in [-0.39, 0.29) is 24.3 Å². The van der Waals surface area contributed by atoms with E-state index in [4.69, 9.17) is 18.9 Å². The molecule has 7 heteroatoms. The van der Waals surface area contributed by atoms with Crippen molar-refractivity contribution in [2.75, 3.05) is 40.4 Å². The highest BCUT2D eigenvalue weighted by atomic mass is 16.5. The van der Waals surface area contributed by atoms with Gasteiger partial charge in [-0.2, -0.15) is 0 Å². The maximum Gasteiger partial charge on any atom is 0.228 e. The quantitative estimate of drug-likeness (QED) is 0.504. The smallest absolute Gasteiger partial charge is 0.228 e. The molecule has 1 aliphatic rings. The van der Waals surface area contributed by atoms with Crippen molar-refractivity contribution >= 4 is 11.6 Å². The molecule has 0 bridgehead atoms. The van der Waals surface area contributed by atoms with Gasteiger partial charge in [0.25, 0.3) is 0 Å². The lowest BCUT2D eigenvalue weighted by molar-refractivity contribution is -0.122. The normalized spacial score (nSPS) is 18.8. The molecule has 0 heterocycles. The second-order valence-corrected chi connectivity index (χ2v) is 8.51. The van der Waals surface area contributed by atoms with Crippen LogP contribution in [0.3, 0.4) is 0 Å². The minimum Gasteiger partial charge on any atom is -0.493 e. The lowest BCUT2D eigenvalue weighted by Gasteiger charge is -2.39. The van der Waals surface area contributed by atoms with E-state index in [1.54, 1.807) is 28.4 Å². The Labute approximate surface area is 205 Å². The zero-order chi connectivity index (χ0) is 24.9. The average molecular weight is 478 g/mol. The Bertz CT molecular complexity index is 1180. The van der Waals surface area contributed by atoms with Crippen LogP contribution < -0.4 is 24.3 Å². The van der Waals surface area contributed by atoms with E-state index in [0.717, 1.165) is 22.4 Å². The molecule has 3 aromatic rings. The third-order valence-corrected chi connectivity index (χ3v) is 6.72. The first kappa shape index (κ1) is 24.4. The number of ether oxygens (including phenoxy) is 4. The Morgan fingerprint density at radius 2 is 1.49 bits per heavy atom. The molecule has 3 atom stereocenters. The van der Waals surface area contributed by atoms with Crippen LogP contribution in [0.2, 0.25) is 0 Å². The summed E-state index contributed by atoms with van der Waals surface area (Å²) in [4.78, 5) is 13.5. The Morgan fingerprint density at radius 3 is 2.11 bits per heavy atom. The minimum atomic E-state index is -0.469. The summed E-state index contributed by atoms with van der Waals surface area (Å²) in [5, 5.41) is 13.6. The third-order valence-electron chi connectivity index (χ3n) is 6.72. The summed E-state index contributed by atoms with van der Waals surface area (Å²) in [7, 11) is 6.36. The highest BCUT2D eigenvalue weighted by Crippen LogP contribution is 2.48. The minimum absolute atomic E-state index is 0.138. The molecule has 0 saturated carbocycles. The van der Waals surface area contributed by atoms with E-state index < -0.39 is 5.92 Å². The Morgan fingerprint density at radius 1 is 0.857 bits per heavy atom. The van der Waals surface area contributed by atoms with Crippen LogP contribution in [-0.2, 0) is 11.2 Å². The van der Waals surface area contributed by atoms with Crippen molar-refractivity contribution in [3.05, 3.63) is 77.4 Å². The number of carbonyl (C=O) groups excluding carboxylic acids is 1. The van der Waals surface area contributed by atoms with E-state index in [0.29, 0.717) is 29.4 Å². The average Bonchev–Trinajstić information content (AvgIpc) is 2.91. The van der Waals surface area contributed by atoms with Crippen molar-refractivity contribution in [3.63, 3.8) is 0 Å². The molecule has 184 valence electrons. The van der Waals surface area contributed by atoms with Gasteiger partial charge in [-0.1, -0.05) is 24.3 Å². The van der Waals surface area contributed by atoms with Gasteiger partial charge in [0.1, 0.15) is 0 Å². The first-order valence-corrected chi connectivity index (χ1v) is 11.5. The maximum absolute atomic E-state index is 13.5. The summed E-state index contributed by atoms with van der Waals surface area (Å²) in [6.45, 7) is -0.167. The van der Waals surface area contributed by atoms with Crippen molar-refractivity contribution in [1.82, 2.24) is 0 Å². The van der Waals surface area contributed by atoms with Crippen molar-refractivity contribution in [2.45, 2.75) is 12.3 Å². The highest BCUT2D eigenvalue weighted by Gasteiger charge is 2.42. The number of rotatable bonds is 8. The van der Waals surface area contributed by atoms with Gasteiger partial charge < -0.3 is 29.4 Å². The second-order valence-electron chi connectivity index (χ2n) is 8.51. The number of carbonyl (C=O) groups is 1. The maximum atomic E-state index is 13.5. The Kier molecular flexibility index (Phi) is 7.46. The van der Waals surface area contributed by atoms with Gasteiger partial charge in [0.2, 0.25) is 5.91 Å². The zero-order valence-electron chi connectivity index (χ0n) is 20.4. The van der Waals surface area contributed by atoms with Crippen LogP contribution in [0.5, 0.6) is 23.0 Å². The van der Waals surface area contributed by atoms with E-state index in [1.165, 1.54) is 0 Å². The first-order valence-electron chi connectivity index (χ1n) is 11.5. The molecule has 4 rings (SSSR count). The fraction of sp³-hybridized carbons (Fsp3) is 0.321. The summed E-state index contributed by atoms with van der Waals surface area (Å²) in [6.07, 6.45) is 0.462. The second kappa shape index (κ2) is 10.7. The van der Waals surface area contributed by atoms with Crippen molar-refractivity contribution in [1.29, 1.82) is 0 Å².